The molecule has 1 atom stereocenters. The topological polar surface area (TPSA) is 106 Å². The lowest BCUT2D eigenvalue weighted by atomic mass is 10.3. The van der Waals surface area contributed by atoms with Crippen molar-refractivity contribution in [2.75, 3.05) is 13.1 Å². The largest absolute Gasteiger partial charge is 0.364 e. The lowest BCUT2D eigenvalue weighted by Gasteiger charge is -2.10. The fourth-order valence-electron chi connectivity index (χ4n) is 1.97. The van der Waals surface area contributed by atoms with E-state index in [0.29, 0.717) is 6.54 Å². The Kier molecular flexibility index (Phi) is 3.42. The van der Waals surface area contributed by atoms with E-state index in [4.69, 9.17) is 5.73 Å². The molecule has 1 aromatic rings. The highest BCUT2D eigenvalue weighted by Crippen LogP contribution is 2.14. The van der Waals surface area contributed by atoms with Gasteiger partial charge >= 0.3 is 0 Å². The molecule has 4 N–H and O–H groups in total. The predicted octanol–water partition coefficient (Wildman–Crippen LogP) is -1.24. The number of nitrogens with two attached hydrogens (primary N) is 1. The molecule has 1 aliphatic rings. The molecule has 1 saturated heterocycles. The first kappa shape index (κ1) is 13.1. The molecule has 1 amide bonds. The van der Waals surface area contributed by atoms with Crippen molar-refractivity contribution >= 4 is 15.9 Å². The Labute approximate surface area is 105 Å². The number of hydrogen-bond donors (Lipinski definition) is 3. The third-order valence-corrected chi connectivity index (χ3v) is 4.41. The second kappa shape index (κ2) is 4.71. The van der Waals surface area contributed by atoms with Gasteiger partial charge in [-0.1, -0.05) is 0 Å². The van der Waals surface area contributed by atoms with Gasteiger partial charge in [-0.15, -0.1) is 0 Å². The molecular formula is C10H16N4O3S. The van der Waals surface area contributed by atoms with E-state index < -0.39 is 15.9 Å². The van der Waals surface area contributed by atoms with Crippen molar-refractivity contribution in [2.45, 2.75) is 17.4 Å². The number of amides is 1. The van der Waals surface area contributed by atoms with Gasteiger partial charge in [0.2, 0.25) is 10.0 Å². The SMILES string of the molecule is Cn1cc(S(=O)(=O)N[C@H]2CCNC2)cc1C(N)=O. The van der Waals surface area contributed by atoms with Crippen LogP contribution < -0.4 is 15.8 Å². The lowest BCUT2D eigenvalue weighted by Crippen LogP contribution is -2.36. The van der Waals surface area contributed by atoms with Crippen LogP contribution in [0.2, 0.25) is 0 Å². The highest BCUT2D eigenvalue weighted by molar-refractivity contribution is 7.89. The Hall–Kier alpha value is -1.38. The van der Waals surface area contributed by atoms with Crippen LogP contribution in [0.5, 0.6) is 0 Å². The van der Waals surface area contributed by atoms with E-state index in [-0.39, 0.29) is 16.6 Å². The van der Waals surface area contributed by atoms with E-state index in [2.05, 4.69) is 10.0 Å². The number of aromatic nitrogens is 1. The molecule has 2 heterocycles. The van der Waals surface area contributed by atoms with Crippen molar-refractivity contribution in [3.8, 4) is 0 Å². The number of hydrogen-bond acceptors (Lipinski definition) is 4. The summed E-state index contributed by atoms with van der Waals surface area (Å²) in [6, 6.07) is 1.18. The molecule has 0 unspecified atom stereocenters. The zero-order valence-electron chi connectivity index (χ0n) is 10.0. The molecule has 1 aliphatic heterocycles. The van der Waals surface area contributed by atoms with Crippen LogP contribution in [-0.2, 0) is 17.1 Å². The second-order valence-corrected chi connectivity index (χ2v) is 6.06. The van der Waals surface area contributed by atoms with Crippen LogP contribution in [0.4, 0.5) is 0 Å². The van der Waals surface area contributed by atoms with E-state index in [9.17, 15) is 13.2 Å². The van der Waals surface area contributed by atoms with Gasteiger partial charge in [-0.3, -0.25) is 4.79 Å². The third kappa shape index (κ3) is 2.55. The third-order valence-electron chi connectivity index (χ3n) is 2.92. The van der Waals surface area contributed by atoms with Crippen LogP contribution in [0.25, 0.3) is 0 Å². The van der Waals surface area contributed by atoms with Gasteiger partial charge in [0.15, 0.2) is 0 Å². The molecular weight excluding hydrogens is 256 g/mol. The summed E-state index contributed by atoms with van der Waals surface area (Å²) in [6.45, 7) is 1.42. The highest BCUT2D eigenvalue weighted by atomic mass is 32.2. The summed E-state index contributed by atoms with van der Waals surface area (Å²) >= 11 is 0. The van der Waals surface area contributed by atoms with Crippen molar-refractivity contribution in [3.05, 3.63) is 18.0 Å². The van der Waals surface area contributed by atoms with Crippen LogP contribution in [0.1, 0.15) is 16.9 Å². The number of carbonyl (C=O) groups is 1. The van der Waals surface area contributed by atoms with Gasteiger partial charge in [0.25, 0.3) is 5.91 Å². The van der Waals surface area contributed by atoms with Crippen molar-refractivity contribution in [2.24, 2.45) is 12.8 Å². The van der Waals surface area contributed by atoms with Gasteiger partial charge < -0.3 is 15.6 Å². The quantitative estimate of drug-likeness (QED) is 0.637. The molecule has 2 rings (SSSR count). The second-order valence-electron chi connectivity index (χ2n) is 4.35. The Morgan fingerprint density at radius 1 is 1.61 bits per heavy atom. The fourth-order valence-corrected chi connectivity index (χ4v) is 3.31. The minimum Gasteiger partial charge on any atom is -0.364 e. The summed E-state index contributed by atoms with van der Waals surface area (Å²) in [5.41, 5.74) is 5.32. The van der Waals surface area contributed by atoms with Crippen molar-refractivity contribution in [1.82, 2.24) is 14.6 Å². The summed E-state index contributed by atoms with van der Waals surface area (Å²) in [6.07, 6.45) is 2.14. The molecule has 18 heavy (non-hydrogen) atoms. The minimum absolute atomic E-state index is 0.0608. The van der Waals surface area contributed by atoms with Crippen molar-refractivity contribution < 1.29 is 13.2 Å². The first-order chi connectivity index (χ1) is 8.40. The van der Waals surface area contributed by atoms with Crippen LogP contribution in [0.3, 0.4) is 0 Å². The number of nitrogens with zero attached hydrogens (tertiary/aromatic N) is 1. The monoisotopic (exact) mass is 272 g/mol. The maximum Gasteiger partial charge on any atom is 0.265 e. The molecule has 0 radical (unpaired) electrons. The average Bonchev–Trinajstić information content (AvgIpc) is 2.86. The summed E-state index contributed by atoms with van der Waals surface area (Å²) < 4.78 is 28.1. The van der Waals surface area contributed by atoms with Crippen molar-refractivity contribution in [1.29, 1.82) is 0 Å². The van der Waals surface area contributed by atoms with Gasteiger partial charge in [0, 0.05) is 25.8 Å². The first-order valence-electron chi connectivity index (χ1n) is 5.59. The highest BCUT2D eigenvalue weighted by Gasteiger charge is 2.24. The van der Waals surface area contributed by atoms with E-state index in [0.717, 1.165) is 13.0 Å². The maximum absolute atomic E-state index is 12.1. The fraction of sp³-hybridized carbons (Fsp3) is 0.500. The van der Waals surface area contributed by atoms with Crippen LogP contribution >= 0.6 is 0 Å². The van der Waals surface area contributed by atoms with E-state index in [1.807, 2.05) is 0 Å². The molecule has 0 bridgehead atoms. The molecule has 0 spiro atoms. The number of sulfonamides is 1. The molecule has 0 aromatic carbocycles. The molecule has 100 valence electrons. The van der Waals surface area contributed by atoms with Gasteiger partial charge in [-0.05, 0) is 19.0 Å². The normalized spacial score (nSPS) is 20.2. The average molecular weight is 272 g/mol. The number of carbonyl (C=O) groups excluding carboxylic acids is 1. The zero-order chi connectivity index (χ0) is 13.3. The summed E-state index contributed by atoms with van der Waals surface area (Å²) in [5.74, 6) is -0.651. The summed E-state index contributed by atoms with van der Waals surface area (Å²) in [5, 5.41) is 3.07. The van der Waals surface area contributed by atoms with Crippen molar-refractivity contribution in [3.63, 3.8) is 0 Å². The Morgan fingerprint density at radius 3 is 2.83 bits per heavy atom. The molecule has 7 nitrogen and oxygen atoms in total. The van der Waals surface area contributed by atoms with Gasteiger partial charge in [0.05, 0.1) is 0 Å². The molecule has 8 heteroatoms. The number of aryl methyl sites for hydroxylation is 1. The van der Waals surface area contributed by atoms with Crippen LogP contribution in [0.15, 0.2) is 17.2 Å². The lowest BCUT2D eigenvalue weighted by molar-refractivity contribution is 0.0992. The van der Waals surface area contributed by atoms with E-state index >= 15 is 0 Å². The van der Waals surface area contributed by atoms with Crippen LogP contribution in [-0.4, -0.2) is 38.0 Å². The van der Waals surface area contributed by atoms with Gasteiger partial charge in [0.1, 0.15) is 10.6 Å². The maximum atomic E-state index is 12.1. The predicted molar refractivity (Wildman–Crippen MR) is 65.5 cm³/mol. The Balaban J connectivity index is 2.24. The van der Waals surface area contributed by atoms with E-state index in [1.54, 1.807) is 7.05 Å². The first-order valence-corrected chi connectivity index (χ1v) is 7.07. The smallest absolute Gasteiger partial charge is 0.265 e. The van der Waals surface area contributed by atoms with Gasteiger partial charge in [-0.25, -0.2) is 13.1 Å². The molecule has 0 aliphatic carbocycles. The Bertz CT molecular complexity index is 558. The number of rotatable bonds is 4. The minimum atomic E-state index is -3.60. The molecule has 0 saturated carbocycles. The number of primary amides is 1. The summed E-state index contributed by atoms with van der Waals surface area (Å²) in [7, 11) is -2.02. The van der Waals surface area contributed by atoms with E-state index in [1.165, 1.54) is 16.8 Å². The standard InChI is InChI=1S/C10H16N4O3S/c1-14-6-8(4-9(14)10(11)15)18(16,17)13-7-2-3-12-5-7/h4,6-7,12-13H,2-3,5H2,1H3,(H2,11,15)/t7-/m0/s1. The number of nitrogens with one attached hydrogen (secondary N) is 2. The summed E-state index contributed by atoms with van der Waals surface area (Å²) in [4.78, 5) is 11.1. The molecule has 1 aromatic heterocycles. The molecule has 1 fully saturated rings. The van der Waals surface area contributed by atoms with Gasteiger partial charge in [-0.2, -0.15) is 0 Å². The zero-order valence-corrected chi connectivity index (χ0v) is 10.8. The Morgan fingerprint density at radius 2 is 2.33 bits per heavy atom. The van der Waals surface area contributed by atoms with Crippen LogP contribution in [0, 0.1) is 0 Å².